The zero-order chi connectivity index (χ0) is 13.1. The quantitative estimate of drug-likeness (QED) is 0.828. The summed E-state index contributed by atoms with van der Waals surface area (Å²) in [6, 6.07) is 7.62. The minimum Gasteiger partial charge on any atom is -0.497 e. The summed E-state index contributed by atoms with van der Waals surface area (Å²) in [5.41, 5.74) is 2.66. The number of aromatic nitrogens is 2. The average Bonchev–Trinajstić information content (AvgIpc) is 2.40. The highest BCUT2D eigenvalue weighted by molar-refractivity contribution is 5.27. The van der Waals surface area contributed by atoms with Gasteiger partial charge in [0, 0.05) is 5.56 Å². The molecule has 0 aliphatic carbocycles. The molecule has 1 aromatic heterocycles. The molecule has 1 heterocycles. The molecule has 0 fully saturated rings. The molecule has 0 spiro atoms. The van der Waals surface area contributed by atoms with Gasteiger partial charge in [0.2, 0.25) is 0 Å². The molecule has 0 N–H and O–H groups in total. The zero-order valence-electron chi connectivity index (χ0n) is 10.8. The fourth-order valence-electron chi connectivity index (χ4n) is 1.68. The van der Waals surface area contributed by atoms with E-state index in [0.29, 0.717) is 6.54 Å². The van der Waals surface area contributed by atoms with E-state index in [4.69, 9.17) is 4.74 Å². The third-order valence-electron chi connectivity index (χ3n) is 3.03. The van der Waals surface area contributed by atoms with Crippen molar-refractivity contribution >= 4 is 0 Å². The molecule has 0 saturated carbocycles. The van der Waals surface area contributed by atoms with E-state index in [0.717, 1.165) is 22.4 Å². The number of nitrogens with zero attached hydrogens (tertiary/aromatic N) is 2. The van der Waals surface area contributed by atoms with Crippen molar-refractivity contribution in [1.82, 2.24) is 9.78 Å². The maximum atomic E-state index is 12.0. The number of methoxy groups -OCH3 is 1. The van der Waals surface area contributed by atoms with Crippen LogP contribution in [0, 0.1) is 13.8 Å². The van der Waals surface area contributed by atoms with E-state index in [2.05, 4.69) is 5.10 Å². The molecular formula is C14H16N2O2. The Morgan fingerprint density at radius 3 is 2.50 bits per heavy atom. The predicted octanol–water partition coefficient (Wildman–Crippen LogP) is 1.92. The van der Waals surface area contributed by atoms with Gasteiger partial charge >= 0.3 is 0 Å². The van der Waals surface area contributed by atoms with Crippen molar-refractivity contribution in [3.8, 4) is 5.75 Å². The fourth-order valence-corrected chi connectivity index (χ4v) is 1.68. The molecule has 0 aliphatic heterocycles. The third kappa shape index (κ3) is 2.42. The number of aryl methyl sites for hydroxylation is 1. The Hall–Kier alpha value is -2.10. The topological polar surface area (TPSA) is 44.1 Å². The van der Waals surface area contributed by atoms with Gasteiger partial charge in [-0.15, -0.1) is 0 Å². The molecule has 0 unspecified atom stereocenters. The van der Waals surface area contributed by atoms with E-state index in [1.165, 1.54) is 4.68 Å². The highest BCUT2D eigenvalue weighted by atomic mass is 16.5. The predicted molar refractivity (Wildman–Crippen MR) is 70.1 cm³/mol. The van der Waals surface area contributed by atoms with Crippen molar-refractivity contribution in [2.45, 2.75) is 20.4 Å². The smallest absolute Gasteiger partial charge is 0.270 e. The van der Waals surface area contributed by atoms with Crippen LogP contribution in [0.1, 0.15) is 16.7 Å². The molecule has 0 aliphatic rings. The van der Waals surface area contributed by atoms with Gasteiger partial charge in [0.15, 0.2) is 0 Å². The van der Waals surface area contributed by atoms with Crippen LogP contribution in [-0.4, -0.2) is 16.9 Å². The maximum absolute atomic E-state index is 12.0. The van der Waals surface area contributed by atoms with Gasteiger partial charge in [-0.2, -0.15) is 5.10 Å². The van der Waals surface area contributed by atoms with E-state index in [9.17, 15) is 4.79 Å². The van der Waals surface area contributed by atoms with E-state index in [1.807, 2.05) is 38.1 Å². The van der Waals surface area contributed by atoms with Crippen molar-refractivity contribution in [2.75, 3.05) is 7.11 Å². The van der Waals surface area contributed by atoms with Gasteiger partial charge < -0.3 is 4.74 Å². The standard InChI is InChI=1S/C14H16N2O2/c1-10-8-15-16(14(17)11(10)2)9-12-4-6-13(18-3)7-5-12/h4-8H,9H2,1-3H3. The highest BCUT2D eigenvalue weighted by Crippen LogP contribution is 2.11. The van der Waals surface area contributed by atoms with Crippen LogP contribution in [0.2, 0.25) is 0 Å². The fraction of sp³-hybridized carbons (Fsp3) is 0.286. The van der Waals surface area contributed by atoms with Gasteiger partial charge in [0.25, 0.3) is 5.56 Å². The number of benzene rings is 1. The van der Waals surface area contributed by atoms with E-state index in [-0.39, 0.29) is 5.56 Å². The molecule has 0 amide bonds. The van der Waals surface area contributed by atoms with Crippen molar-refractivity contribution in [3.63, 3.8) is 0 Å². The SMILES string of the molecule is COc1ccc(Cn2ncc(C)c(C)c2=O)cc1. The number of ether oxygens (including phenoxy) is 1. The van der Waals surface area contributed by atoms with Crippen LogP contribution in [0.5, 0.6) is 5.75 Å². The molecule has 0 saturated heterocycles. The first-order valence-corrected chi connectivity index (χ1v) is 5.78. The Labute approximate surface area is 106 Å². The Balaban J connectivity index is 2.28. The first kappa shape index (κ1) is 12.4. The largest absolute Gasteiger partial charge is 0.497 e. The minimum absolute atomic E-state index is 0.0363. The van der Waals surface area contributed by atoms with Gasteiger partial charge in [0.05, 0.1) is 19.9 Å². The summed E-state index contributed by atoms with van der Waals surface area (Å²) in [6.07, 6.45) is 1.72. The second-order valence-corrected chi connectivity index (χ2v) is 4.26. The van der Waals surface area contributed by atoms with Crippen LogP contribution in [0.3, 0.4) is 0 Å². The van der Waals surface area contributed by atoms with Crippen LogP contribution < -0.4 is 10.3 Å². The maximum Gasteiger partial charge on any atom is 0.270 e. The van der Waals surface area contributed by atoms with Gasteiger partial charge in [0.1, 0.15) is 5.75 Å². The van der Waals surface area contributed by atoms with E-state index in [1.54, 1.807) is 13.3 Å². The average molecular weight is 244 g/mol. The first-order chi connectivity index (χ1) is 8.61. The van der Waals surface area contributed by atoms with Crippen LogP contribution in [0.25, 0.3) is 0 Å². The van der Waals surface area contributed by atoms with Gasteiger partial charge in [-0.1, -0.05) is 12.1 Å². The summed E-state index contributed by atoms with van der Waals surface area (Å²) in [6.45, 7) is 4.19. The number of hydrogen-bond donors (Lipinski definition) is 0. The lowest BCUT2D eigenvalue weighted by molar-refractivity contribution is 0.414. The molecular weight excluding hydrogens is 228 g/mol. The van der Waals surface area contributed by atoms with Gasteiger partial charge in [-0.05, 0) is 37.1 Å². The Morgan fingerprint density at radius 1 is 1.22 bits per heavy atom. The molecule has 4 heteroatoms. The summed E-state index contributed by atoms with van der Waals surface area (Å²) in [7, 11) is 1.63. The molecule has 0 radical (unpaired) electrons. The Bertz CT molecular complexity index is 600. The molecule has 2 rings (SSSR count). The Kier molecular flexibility index (Phi) is 3.46. The summed E-state index contributed by atoms with van der Waals surface area (Å²) in [5.74, 6) is 0.805. The monoisotopic (exact) mass is 244 g/mol. The second-order valence-electron chi connectivity index (χ2n) is 4.26. The van der Waals surface area contributed by atoms with Crippen LogP contribution >= 0.6 is 0 Å². The lowest BCUT2D eigenvalue weighted by Gasteiger charge is -2.07. The third-order valence-corrected chi connectivity index (χ3v) is 3.03. The zero-order valence-corrected chi connectivity index (χ0v) is 10.8. The van der Waals surface area contributed by atoms with Gasteiger partial charge in [-0.3, -0.25) is 4.79 Å². The number of rotatable bonds is 3. The lowest BCUT2D eigenvalue weighted by atomic mass is 10.2. The van der Waals surface area contributed by atoms with Crippen LogP contribution in [0.4, 0.5) is 0 Å². The number of hydrogen-bond acceptors (Lipinski definition) is 3. The molecule has 0 atom stereocenters. The summed E-state index contributed by atoms with van der Waals surface area (Å²) in [5, 5.41) is 4.15. The van der Waals surface area contributed by atoms with Crippen molar-refractivity contribution < 1.29 is 4.74 Å². The molecule has 1 aromatic carbocycles. The highest BCUT2D eigenvalue weighted by Gasteiger charge is 2.04. The molecule has 94 valence electrons. The minimum atomic E-state index is -0.0363. The summed E-state index contributed by atoms with van der Waals surface area (Å²) >= 11 is 0. The molecule has 4 nitrogen and oxygen atoms in total. The first-order valence-electron chi connectivity index (χ1n) is 5.78. The van der Waals surface area contributed by atoms with Gasteiger partial charge in [-0.25, -0.2) is 4.68 Å². The van der Waals surface area contributed by atoms with E-state index < -0.39 is 0 Å². The molecule has 0 bridgehead atoms. The molecule has 18 heavy (non-hydrogen) atoms. The van der Waals surface area contributed by atoms with Crippen molar-refractivity contribution in [1.29, 1.82) is 0 Å². The second kappa shape index (κ2) is 5.04. The summed E-state index contributed by atoms with van der Waals surface area (Å²) in [4.78, 5) is 12.0. The lowest BCUT2D eigenvalue weighted by Crippen LogP contribution is -2.25. The summed E-state index contributed by atoms with van der Waals surface area (Å²) < 4.78 is 6.57. The Morgan fingerprint density at radius 2 is 1.89 bits per heavy atom. The van der Waals surface area contributed by atoms with Crippen LogP contribution in [0.15, 0.2) is 35.3 Å². The van der Waals surface area contributed by atoms with Crippen LogP contribution in [-0.2, 0) is 6.54 Å². The van der Waals surface area contributed by atoms with E-state index >= 15 is 0 Å². The normalized spacial score (nSPS) is 10.4. The van der Waals surface area contributed by atoms with Crippen molar-refractivity contribution in [2.24, 2.45) is 0 Å². The van der Waals surface area contributed by atoms with Crippen molar-refractivity contribution in [3.05, 3.63) is 57.5 Å². The molecule has 2 aromatic rings.